The van der Waals surface area contributed by atoms with Crippen LogP contribution in [0.2, 0.25) is 0 Å². The molecule has 1 fully saturated rings. The van der Waals surface area contributed by atoms with Crippen LogP contribution >= 0.6 is 11.3 Å². The van der Waals surface area contributed by atoms with Crippen molar-refractivity contribution in [3.8, 4) is 10.8 Å². The Kier molecular flexibility index (Phi) is 5.13. The van der Waals surface area contributed by atoms with Crippen molar-refractivity contribution in [3.05, 3.63) is 72.0 Å². The molecule has 2 heterocycles. The van der Waals surface area contributed by atoms with E-state index in [2.05, 4.69) is 20.9 Å². The summed E-state index contributed by atoms with van der Waals surface area (Å²) in [6.07, 6.45) is 2.03. The van der Waals surface area contributed by atoms with Crippen LogP contribution < -0.4 is 16.0 Å². The molecule has 2 aromatic carbocycles. The Hall–Kier alpha value is -3.65. The van der Waals surface area contributed by atoms with Crippen molar-refractivity contribution in [1.29, 1.82) is 0 Å². The highest BCUT2D eigenvalue weighted by molar-refractivity contribution is 7.21. The predicted molar refractivity (Wildman–Crippen MR) is 120 cm³/mol. The predicted octanol–water partition coefficient (Wildman–Crippen LogP) is 4.77. The van der Waals surface area contributed by atoms with Crippen LogP contribution in [0.4, 0.5) is 10.5 Å². The van der Waals surface area contributed by atoms with Gasteiger partial charge < -0.3 is 20.4 Å². The molecule has 3 N–H and O–H groups in total. The number of nitrogens with zero attached hydrogens (tertiary/aromatic N) is 1. The molecule has 2 aromatic heterocycles. The van der Waals surface area contributed by atoms with E-state index in [-0.39, 0.29) is 24.5 Å². The summed E-state index contributed by atoms with van der Waals surface area (Å²) < 4.78 is 6.97. The van der Waals surface area contributed by atoms with Gasteiger partial charge in [0.1, 0.15) is 5.76 Å². The second kappa shape index (κ2) is 8.23. The van der Waals surface area contributed by atoms with Crippen LogP contribution in [0.15, 0.2) is 65.1 Å². The van der Waals surface area contributed by atoms with Gasteiger partial charge >= 0.3 is 6.03 Å². The SMILES string of the molecule is O=C(Nc1cccc(C(=O)NCc2ccc(-c3nc4ccccc4s3)o2)c1)NC1CC1. The summed E-state index contributed by atoms with van der Waals surface area (Å²) in [7, 11) is 0. The van der Waals surface area contributed by atoms with Crippen molar-refractivity contribution in [2.45, 2.75) is 25.4 Å². The lowest BCUT2D eigenvalue weighted by Crippen LogP contribution is -2.30. The van der Waals surface area contributed by atoms with E-state index < -0.39 is 0 Å². The number of thiazole rings is 1. The van der Waals surface area contributed by atoms with E-state index in [4.69, 9.17) is 4.42 Å². The molecule has 0 saturated heterocycles. The molecule has 3 amide bonds. The topological polar surface area (TPSA) is 96.3 Å². The van der Waals surface area contributed by atoms with E-state index in [0.717, 1.165) is 28.1 Å². The molecular formula is C23H20N4O3S. The standard InChI is InChI=1S/C23H20N4O3S/c28-21(14-4-3-5-16(12-14)26-23(29)25-15-8-9-15)24-13-17-10-11-19(30-17)22-27-18-6-1-2-7-20(18)31-22/h1-7,10-12,15H,8-9,13H2,(H,24,28)(H2,25,26,29). The van der Waals surface area contributed by atoms with Crippen LogP contribution in [0.5, 0.6) is 0 Å². The van der Waals surface area contributed by atoms with Crippen molar-refractivity contribution in [2.24, 2.45) is 0 Å². The fourth-order valence-corrected chi connectivity index (χ4v) is 4.08. The van der Waals surface area contributed by atoms with Gasteiger partial charge in [-0.2, -0.15) is 0 Å². The largest absolute Gasteiger partial charge is 0.457 e. The molecule has 7 nitrogen and oxygen atoms in total. The molecule has 4 aromatic rings. The number of para-hydroxylation sites is 1. The molecular weight excluding hydrogens is 412 g/mol. The Morgan fingerprint density at radius 3 is 2.77 bits per heavy atom. The summed E-state index contributed by atoms with van der Waals surface area (Å²) in [5, 5.41) is 9.27. The molecule has 1 aliphatic rings. The monoisotopic (exact) mass is 432 g/mol. The molecule has 0 aliphatic heterocycles. The number of aromatic nitrogens is 1. The third-order valence-corrected chi connectivity index (χ3v) is 5.94. The number of urea groups is 1. The van der Waals surface area contributed by atoms with Gasteiger partial charge in [0.05, 0.1) is 16.8 Å². The number of nitrogens with one attached hydrogen (secondary N) is 3. The zero-order valence-corrected chi connectivity index (χ0v) is 17.4. The van der Waals surface area contributed by atoms with Gasteiger partial charge in [0.25, 0.3) is 5.91 Å². The number of amides is 3. The van der Waals surface area contributed by atoms with Crippen LogP contribution in [0.25, 0.3) is 21.0 Å². The number of hydrogen-bond donors (Lipinski definition) is 3. The number of carbonyl (C=O) groups excluding carboxylic acids is 2. The third-order valence-electron chi connectivity index (χ3n) is 4.88. The van der Waals surface area contributed by atoms with Crippen LogP contribution in [-0.4, -0.2) is 23.0 Å². The summed E-state index contributed by atoms with van der Waals surface area (Å²) in [5.41, 5.74) is 1.97. The second-order valence-corrected chi connectivity index (χ2v) is 8.42. The van der Waals surface area contributed by atoms with Crippen molar-refractivity contribution in [1.82, 2.24) is 15.6 Å². The smallest absolute Gasteiger partial charge is 0.319 e. The zero-order valence-electron chi connectivity index (χ0n) is 16.6. The second-order valence-electron chi connectivity index (χ2n) is 7.39. The van der Waals surface area contributed by atoms with Gasteiger partial charge in [-0.1, -0.05) is 18.2 Å². The highest BCUT2D eigenvalue weighted by Gasteiger charge is 2.23. The van der Waals surface area contributed by atoms with E-state index >= 15 is 0 Å². The van der Waals surface area contributed by atoms with Crippen molar-refractivity contribution in [2.75, 3.05) is 5.32 Å². The third kappa shape index (κ3) is 4.59. The Morgan fingerprint density at radius 2 is 1.94 bits per heavy atom. The lowest BCUT2D eigenvalue weighted by molar-refractivity contribution is 0.0948. The maximum atomic E-state index is 12.5. The maximum Gasteiger partial charge on any atom is 0.319 e. The average molecular weight is 433 g/mol. The van der Waals surface area contributed by atoms with E-state index in [9.17, 15) is 9.59 Å². The number of anilines is 1. The first-order valence-electron chi connectivity index (χ1n) is 10.0. The van der Waals surface area contributed by atoms with Crippen molar-refractivity contribution < 1.29 is 14.0 Å². The van der Waals surface area contributed by atoms with E-state index in [1.807, 2.05) is 36.4 Å². The fourth-order valence-electron chi connectivity index (χ4n) is 3.15. The Bertz CT molecular complexity index is 1230. The summed E-state index contributed by atoms with van der Waals surface area (Å²) in [6.45, 7) is 0.254. The number of hydrogen-bond acceptors (Lipinski definition) is 5. The first-order chi connectivity index (χ1) is 15.1. The molecule has 0 atom stereocenters. The van der Waals surface area contributed by atoms with Gasteiger partial charge in [-0.3, -0.25) is 4.79 Å². The highest BCUT2D eigenvalue weighted by Crippen LogP contribution is 2.31. The zero-order chi connectivity index (χ0) is 21.2. The summed E-state index contributed by atoms with van der Waals surface area (Å²) in [6, 6.07) is 18.5. The Labute approximate surface area is 182 Å². The maximum absolute atomic E-state index is 12.5. The molecule has 31 heavy (non-hydrogen) atoms. The summed E-state index contributed by atoms with van der Waals surface area (Å²) in [4.78, 5) is 29.0. The van der Waals surface area contributed by atoms with Gasteiger partial charge in [0, 0.05) is 17.3 Å². The molecule has 0 spiro atoms. The van der Waals surface area contributed by atoms with Crippen molar-refractivity contribution in [3.63, 3.8) is 0 Å². The van der Waals surface area contributed by atoms with Gasteiger partial charge in [-0.25, -0.2) is 9.78 Å². The molecule has 0 radical (unpaired) electrons. The van der Waals surface area contributed by atoms with Gasteiger partial charge in [0.2, 0.25) is 0 Å². The molecule has 156 valence electrons. The van der Waals surface area contributed by atoms with Crippen LogP contribution in [0.1, 0.15) is 29.0 Å². The quantitative estimate of drug-likeness (QED) is 0.409. The number of rotatable bonds is 6. The van der Waals surface area contributed by atoms with Crippen LogP contribution in [0.3, 0.4) is 0 Å². The summed E-state index contributed by atoms with van der Waals surface area (Å²) in [5.74, 6) is 1.07. The lowest BCUT2D eigenvalue weighted by atomic mass is 10.2. The molecule has 0 unspecified atom stereocenters. The molecule has 5 rings (SSSR count). The van der Waals surface area contributed by atoms with Crippen LogP contribution in [-0.2, 0) is 6.54 Å². The Morgan fingerprint density at radius 1 is 1.06 bits per heavy atom. The highest BCUT2D eigenvalue weighted by atomic mass is 32.1. The molecule has 1 saturated carbocycles. The van der Waals surface area contributed by atoms with Crippen LogP contribution in [0, 0.1) is 0 Å². The van der Waals surface area contributed by atoms with Gasteiger partial charge in [0.15, 0.2) is 10.8 Å². The Balaban J connectivity index is 1.20. The number of carbonyl (C=O) groups is 2. The molecule has 8 heteroatoms. The number of benzene rings is 2. The van der Waals surface area contributed by atoms with E-state index in [1.165, 1.54) is 0 Å². The van der Waals surface area contributed by atoms with Gasteiger partial charge in [-0.05, 0) is 55.3 Å². The number of fused-ring (bicyclic) bond motifs is 1. The minimum absolute atomic E-state index is 0.246. The van der Waals surface area contributed by atoms with Gasteiger partial charge in [-0.15, -0.1) is 11.3 Å². The first kappa shape index (κ1) is 19.3. The molecule has 0 bridgehead atoms. The first-order valence-corrected chi connectivity index (χ1v) is 10.9. The van der Waals surface area contributed by atoms with Crippen molar-refractivity contribution >= 4 is 39.2 Å². The minimum atomic E-state index is -0.252. The normalized spacial score (nSPS) is 13.2. The average Bonchev–Trinajstić information content (AvgIpc) is 3.28. The summed E-state index contributed by atoms with van der Waals surface area (Å²) >= 11 is 1.57. The lowest BCUT2D eigenvalue weighted by Gasteiger charge is -2.08. The minimum Gasteiger partial charge on any atom is -0.457 e. The fraction of sp³-hybridized carbons (Fsp3) is 0.174. The molecule has 1 aliphatic carbocycles. The number of furan rings is 1. The van der Waals surface area contributed by atoms with E-state index in [0.29, 0.717) is 22.8 Å². The van der Waals surface area contributed by atoms with E-state index in [1.54, 1.807) is 35.6 Å².